The van der Waals surface area contributed by atoms with E-state index in [2.05, 4.69) is 43.5 Å². The van der Waals surface area contributed by atoms with E-state index in [1.165, 1.54) is 308 Å². The van der Waals surface area contributed by atoms with Gasteiger partial charge in [0.05, 0.1) is 6.10 Å². The minimum absolute atomic E-state index is 0.117. The molecule has 0 unspecified atom stereocenters. The predicted octanol–water partition coefficient (Wildman–Crippen LogP) is 22.8. The number of rotatable bonds is 63. The molecule has 0 saturated heterocycles. The highest BCUT2D eigenvalue weighted by Gasteiger charge is 2.08. The fourth-order valence-electron chi connectivity index (χ4n) is 10.6. The van der Waals surface area contributed by atoms with Crippen LogP contribution in [0, 0.1) is 0 Å². The number of hydrogen-bond acceptors (Lipinski definition) is 3. The van der Waals surface area contributed by atoms with Gasteiger partial charge in [0, 0.05) is 25.8 Å². The van der Waals surface area contributed by atoms with Crippen LogP contribution in [-0.4, -0.2) is 29.4 Å². The summed E-state index contributed by atoms with van der Waals surface area (Å²) in [6, 6.07) is 0. The average Bonchev–Trinajstić information content (AvgIpc) is 3.38. The van der Waals surface area contributed by atoms with E-state index < -0.39 is 6.10 Å². The highest BCUT2D eigenvalue weighted by atomic mass is 16.3. The number of aliphatic hydroxyl groups is 1. The normalized spacial score (nSPS) is 12.3. The van der Waals surface area contributed by atoms with Crippen molar-refractivity contribution >= 4 is 11.7 Å². The molecule has 0 bridgehead atoms. The predicted molar refractivity (Wildman–Crippen MR) is 321 cm³/mol. The number of Topliss-reactive ketones (excluding diaryl/α,β-unsaturated/α-hetero) is 1. The van der Waals surface area contributed by atoms with Gasteiger partial charge in [0.2, 0.25) is 5.91 Å². The van der Waals surface area contributed by atoms with E-state index in [0.717, 1.165) is 57.8 Å². The highest BCUT2D eigenvalue weighted by molar-refractivity contribution is 5.78. The molecule has 0 saturated carbocycles. The van der Waals surface area contributed by atoms with Crippen LogP contribution in [0.2, 0.25) is 0 Å². The number of carbonyl (C=O) groups excluding carboxylic acids is 2. The molecule has 0 radical (unpaired) electrons. The van der Waals surface area contributed by atoms with Crippen LogP contribution in [0.25, 0.3) is 0 Å². The smallest absolute Gasteiger partial charge is 0.220 e. The molecule has 4 heteroatoms. The zero-order chi connectivity index (χ0) is 52.0. The molecule has 2 N–H and O–H groups in total. The van der Waals surface area contributed by atoms with Crippen molar-refractivity contribution in [3.05, 3.63) is 24.3 Å². The molecule has 4 nitrogen and oxygen atoms in total. The van der Waals surface area contributed by atoms with E-state index in [1.807, 2.05) is 0 Å². The molecule has 1 atom stereocenters. The van der Waals surface area contributed by atoms with E-state index in [9.17, 15) is 14.7 Å². The lowest BCUT2D eigenvalue weighted by atomic mass is 10.0. The van der Waals surface area contributed by atoms with Crippen LogP contribution in [0.4, 0.5) is 0 Å². The summed E-state index contributed by atoms with van der Waals surface area (Å²) in [4.78, 5) is 24.5. The fourth-order valence-corrected chi connectivity index (χ4v) is 10.6. The Balaban J connectivity index is 3.25. The maximum Gasteiger partial charge on any atom is 0.220 e. The molecule has 72 heavy (non-hydrogen) atoms. The second-order valence-corrected chi connectivity index (χ2v) is 23.1. The first-order valence-corrected chi connectivity index (χ1v) is 33.4. The maximum atomic E-state index is 12.3. The summed E-state index contributed by atoms with van der Waals surface area (Å²) in [6.45, 7) is 4.97. The van der Waals surface area contributed by atoms with Crippen molar-refractivity contribution in [3.8, 4) is 0 Å². The summed E-state index contributed by atoms with van der Waals surface area (Å²) < 4.78 is 0. The molecule has 0 aliphatic rings. The number of aliphatic hydroxyl groups excluding tert-OH is 1. The van der Waals surface area contributed by atoms with Crippen molar-refractivity contribution < 1.29 is 14.7 Å². The molecule has 0 spiro atoms. The van der Waals surface area contributed by atoms with Crippen molar-refractivity contribution in [2.75, 3.05) is 6.54 Å². The molecule has 1 amide bonds. The van der Waals surface area contributed by atoms with E-state index >= 15 is 0 Å². The van der Waals surface area contributed by atoms with Crippen molar-refractivity contribution in [3.63, 3.8) is 0 Å². The Hall–Kier alpha value is -1.42. The molecule has 0 aromatic rings. The number of ketones is 1. The van der Waals surface area contributed by atoms with Crippen LogP contribution in [0.5, 0.6) is 0 Å². The Morgan fingerprint density at radius 2 is 0.569 bits per heavy atom. The van der Waals surface area contributed by atoms with Gasteiger partial charge >= 0.3 is 0 Å². The summed E-state index contributed by atoms with van der Waals surface area (Å²) in [6.07, 6.45) is 84.2. The van der Waals surface area contributed by atoms with Gasteiger partial charge in [-0.1, -0.05) is 334 Å². The molecular formula is C68H131NO3. The quantitative estimate of drug-likeness (QED) is 0.0471. The fraction of sp³-hybridized carbons (Fsp3) is 0.912. The number of hydrogen-bond donors (Lipinski definition) is 2. The Labute approximate surface area is 452 Å². The highest BCUT2D eigenvalue weighted by Crippen LogP contribution is 2.19. The van der Waals surface area contributed by atoms with Gasteiger partial charge in [0.1, 0.15) is 5.78 Å². The molecular weight excluding hydrogens is 879 g/mol. The molecule has 426 valence electrons. The zero-order valence-electron chi connectivity index (χ0n) is 49.4. The third-order valence-corrected chi connectivity index (χ3v) is 15.7. The second-order valence-electron chi connectivity index (χ2n) is 23.1. The molecule has 0 heterocycles. The van der Waals surface area contributed by atoms with Gasteiger partial charge in [-0.15, -0.1) is 0 Å². The Morgan fingerprint density at radius 3 is 0.903 bits per heavy atom. The molecule has 0 aromatic heterocycles. The topological polar surface area (TPSA) is 66.4 Å². The van der Waals surface area contributed by atoms with E-state index in [4.69, 9.17) is 0 Å². The lowest BCUT2D eigenvalue weighted by Crippen LogP contribution is -2.31. The summed E-state index contributed by atoms with van der Waals surface area (Å²) in [5.41, 5.74) is 0. The van der Waals surface area contributed by atoms with Gasteiger partial charge < -0.3 is 10.4 Å². The van der Waals surface area contributed by atoms with E-state index in [1.54, 1.807) is 0 Å². The first kappa shape index (κ1) is 70.6. The number of allylic oxidation sites excluding steroid dienone is 4. The van der Waals surface area contributed by atoms with Gasteiger partial charge in [-0.3, -0.25) is 9.59 Å². The van der Waals surface area contributed by atoms with Crippen LogP contribution in [-0.2, 0) is 9.59 Å². The SMILES string of the molecule is CCCCC/C=C\C/C=C\CCCCCCCC(=O)CCCCCCCCCCCCCCCCCCCCCCCCCCCCCC(=O)NC[C@H](O)CCCCCCCCCCCCCCCCCC. The molecule has 0 aliphatic heterocycles. The number of carbonyl (C=O) groups is 2. The first-order valence-electron chi connectivity index (χ1n) is 33.4. The summed E-state index contributed by atoms with van der Waals surface area (Å²) in [7, 11) is 0. The van der Waals surface area contributed by atoms with Crippen LogP contribution in [0.1, 0.15) is 386 Å². The van der Waals surface area contributed by atoms with Crippen molar-refractivity contribution in [1.82, 2.24) is 5.32 Å². The lowest BCUT2D eigenvalue weighted by molar-refractivity contribution is -0.121. The minimum Gasteiger partial charge on any atom is -0.391 e. The monoisotopic (exact) mass is 1010 g/mol. The zero-order valence-corrected chi connectivity index (χ0v) is 49.4. The van der Waals surface area contributed by atoms with Gasteiger partial charge in [-0.05, 0) is 57.8 Å². The third kappa shape index (κ3) is 62.9. The number of nitrogens with one attached hydrogen (secondary N) is 1. The van der Waals surface area contributed by atoms with Crippen molar-refractivity contribution in [1.29, 1.82) is 0 Å². The summed E-state index contributed by atoms with van der Waals surface area (Å²) >= 11 is 0. The van der Waals surface area contributed by atoms with Gasteiger partial charge in [0.25, 0.3) is 0 Å². The lowest BCUT2D eigenvalue weighted by Gasteiger charge is -2.12. The Bertz CT molecular complexity index is 1100. The number of unbranched alkanes of at least 4 members (excludes halogenated alkanes) is 49. The summed E-state index contributed by atoms with van der Waals surface area (Å²) in [5.74, 6) is 0.624. The molecule has 0 aliphatic carbocycles. The average molecular weight is 1010 g/mol. The van der Waals surface area contributed by atoms with Crippen molar-refractivity contribution in [2.45, 2.75) is 392 Å². The maximum absolute atomic E-state index is 12.3. The minimum atomic E-state index is -0.392. The van der Waals surface area contributed by atoms with Crippen LogP contribution < -0.4 is 5.32 Å². The van der Waals surface area contributed by atoms with Crippen molar-refractivity contribution in [2.24, 2.45) is 0 Å². The first-order chi connectivity index (χ1) is 35.6. The van der Waals surface area contributed by atoms with Crippen LogP contribution in [0.15, 0.2) is 24.3 Å². The van der Waals surface area contributed by atoms with E-state index in [0.29, 0.717) is 18.7 Å². The molecule has 0 rings (SSSR count). The molecule has 0 fully saturated rings. The third-order valence-electron chi connectivity index (χ3n) is 15.7. The number of amides is 1. The molecule has 0 aromatic carbocycles. The Kier molecular flexibility index (Phi) is 62.6. The largest absolute Gasteiger partial charge is 0.391 e. The van der Waals surface area contributed by atoms with Crippen LogP contribution in [0.3, 0.4) is 0 Å². The van der Waals surface area contributed by atoms with Gasteiger partial charge in [0.15, 0.2) is 0 Å². The second kappa shape index (κ2) is 63.9. The standard InChI is InChI=1S/C68H131NO3/c1-3-5-7-9-11-13-15-17-19-34-39-43-47-51-55-59-63-67(71)65-69-68(72)64-60-56-52-48-44-40-36-32-30-28-26-24-22-20-21-23-25-27-29-31-35-38-42-46-50-54-58-62-66(70)61-57-53-49-45-41-37-33-18-16-14-12-10-8-6-4-2/h12,14,18,33,67,71H,3-11,13,15-17,19-32,34-65H2,1-2H3,(H,69,72)/b14-12-,33-18-/t67-/m1/s1. The Morgan fingerprint density at radius 1 is 0.319 bits per heavy atom. The van der Waals surface area contributed by atoms with Gasteiger partial charge in [-0.25, -0.2) is 0 Å². The van der Waals surface area contributed by atoms with Crippen LogP contribution >= 0.6 is 0 Å². The van der Waals surface area contributed by atoms with E-state index in [-0.39, 0.29) is 5.91 Å². The van der Waals surface area contributed by atoms with Gasteiger partial charge in [-0.2, -0.15) is 0 Å². The summed E-state index contributed by atoms with van der Waals surface area (Å²) in [5, 5.41) is 13.3.